The van der Waals surface area contributed by atoms with E-state index < -0.39 is 5.82 Å². The third-order valence-electron chi connectivity index (χ3n) is 4.40. The van der Waals surface area contributed by atoms with Crippen LogP contribution in [0.15, 0.2) is 10.5 Å². The van der Waals surface area contributed by atoms with Gasteiger partial charge in [0.2, 0.25) is 5.28 Å². The lowest BCUT2D eigenvalue weighted by atomic mass is 10.1. The molecule has 2 aromatic rings. The van der Waals surface area contributed by atoms with Crippen LogP contribution in [0.2, 0.25) is 10.3 Å². The molecule has 0 spiro atoms. The van der Waals surface area contributed by atoms with Crippen molar-refractivity contribution in [1.29, 1.82) is 0 Å². The molecule has 4 rings (SSSR count). The molecule has 2 saturated heterocycles. The molecule has 1 N–H and O–H groups in total. The second-order valence-electron chi connectivity index (χ2n) is 5.65. The number of aromatic nitrogens is 2. The molecule has 0 radical (unpaired) electrons. The van der Waals surface area contributed by atoms with Gasteiger partial charge in [0.15, 0.2) is 5.82 Å². The first-order valence-electron chi connectivity index (χ1n) is 7.06. The monoisotopic (exact) mass is 404 g/mol. The van der Waals surface area contributed by atoms with E-state index in [1.807, 2.05) is 0 Å². The molecular weight excluding hydrogens is 394 g/mol. The van der Waals surface area contributed by atoms with Crippen LogP contribution in [0.1, 0.15) is 12.8 Å². The minimum Gasteiger partial charge on any atom is -0.347 e. The van der Waals surface area contributed by atoms with Crippen LogP contribution < -0.4 is 10.2 Å². The number of hydrogen-bond acceptors (Lipinski definition) is 4. The highest BCUT2D eigenvalue weighted by atomic mass is 79.9. The zero-order chi connectivity index (χ0) is 15.4. The summed E-state index contributed by atoms with van der Waals surface area (Å²) < 4.78 is 14.7. The van der Waals surface area contributed by atoms with Crippen LogP contribution in [0.5, 0.6) is 0 Å². The maximum Gasteiger partial charge on any atom is 0.225 e. The summed E-state index contributed by atoms with van der Waals surface area (Å²) in [5, 5.41) is 4.38. The zero-order valence-corrected chi connectivity index (χ0v) is 14.5. The van der Waals surface area contributed by atoms with Crippen molar-refractivity contribution in [1.82, 2.24) is 15.3 Å². The van der Waals surface area contributed by atoms with Crippen LogP contribution >= 0.6 is 39.1 Å². The standard InChI is InChI=1S/C14H12BrCl2FN4/c15-10-9(16)3-8-12(11(10)18)20-14(17)21-13(8)22-6-1-2-7(22)5-19-4-6/h3,6-7,19H,1-2,4-5H2. The molecule has 3 heterocycles. The third-order valence-corrected chi connectivity index (χ3v) is 5.87. The first-order valence-corrected chi connectivity index (χ1v) is 8.61. The highest BCUT2D eigenvalue weighted by Crippen LogP contribution is 2.39. The number of halogens is 4. The quantitative estimate of drug-likeness (QED) is 0.579. The molecule has 2 aliphatic heterocycles. The molecule has 2 aliphatic rings. The van der Waals surface area contributed by atoms with E-state index in [1.54, 1.807) is 6.07 Å². The topological polar surface area (TPSA) is 41.0 Å². The summed E-state index contributed by atoms with van der Waals surface area (Å²) in [5.74, 6) is 0.174. The summed E-state index contributed by atoms with van der Waals surface area (Å²) in [6.07, 6.45) is 2.18. The zero-order valence-electron chi connectivity index (χ0n) is 11.4. The number of piperazine rings is 1. The van der Waals surface area contributed by atoms with E-state index in [2.05, 4.69) is 36.1 Å². The smallest absolute Gasteiger partial charge is 0.225 e. The Hall–Kier alpha value is -0.690. The Bertz CT molecular complexity index is 756. The van der Waals surface area contributed by atoms with Crippen LogP contribution in [-0.4, -0.2) is 35.1 Å². The Kier molecular flexibility index (Phi) is 3.68. The van der Waals surface area contributed by atoms with Gasteiger partial charge in [-0.3, -0.25) is 0 Å². The van der Waals surface area contributed by atoms with Crippen molar-refractivity contribution >= 4 is 55.9 Å². The molecule has 116 valence electrons. The fourth-order valence-corrected chi connectivity index (χ4v) is 4.11. The predicted molar refractivity (Wildman–Crippen MR) is 89.4 cm³/mol. The molecule has 1 aromatic heterocycles. The SMILES string of the molecule is Fc1c(Br)c(Cl)cc2c(N3C4CCC3CNC4)nc(Cl)nc12. The Labute approximate surface area is 145 Å². The lowest BCUT2D eigenvalue weighted by Gasteiger charge is -2.36. The molecule has 8 heteroatoms. The van der Waals surface area contributed by atoms with E-state index in [0.717, 1.165) is 25.9 Å². The van der Waals surface area contributed by atoms with E-state index in [0.29, 0.717) is 28.3 Å². The molecular formula is C14H12BrCl2FN4. The number of benzene rings is 1. The average molecular weight is 406 g/mol. The van der Waals surface area contributed by atoms with Gasteiger partial charge in [-0.05, 0) is 46.4 Å². The predicted octanol–water partition coefficient (Wildman–Crippen LogP) is 3.78. The van der Waals surface area contributed by atoms with Gasteiger partial charge in [-0.25, -0.2) is 9.37 Å². The van der Waals surface area contributed by atoms with E-state index in [4.69, 9.17) is 23.2 Å². The van der Waals surface area contributed by atoms with Gasteiger partial charge in [0, 0.05) is 30.6 Å². The summed E-state index contributed by atoms with van der Waals surface area (Å²) in [7, 11) is 0. The van der Waals surface area contributed by atoms with E-state index in [-0.39, 0.29) is 15.3 Å². The van der Waals surface area contributed by atoms with Crippen molar-refractivity contribution < 1.29 is 4.39 Å². The van der Waals surface area contributed by atoms with E-state index in [1.165, 1.54) is 0 Å². The summed E-state index contributed by atoms with van der Waals surface area (Å²) in [6, 6.07) is 2.40. The molecule has 2 atom stereocenters. The molecule has 2 fully saturated rings. The van der Waals surface area contributed by atoms with Crippen LogP contribution in [0, 0.1) is 5.82 Å². The van der Waals surface area contributed by atoms with Gasteiger partial charge in [-0.15, -0.1) is 0 Å². The number of fused-ring (bicyclic) bond motifs is 3. The lowest BCUT2D eigenvalue weighted by Crippen LogP contribution is -2.52. The average Bonchev–Trinajstić information content (AvgIpc) is 2.74. The van der Waals surface area contributed by atoms with Gasteiger partial charge in [-0.2, -0.15) is 4.98 Å². The van der Waals surface area contributed by atoms with E-state index >= 15 is 0 Å². The summed E-state index contributed by atoms with van der Waals surface area (Å²) in [6.45, 7) is 1.79. The van der Waals surface area contributed by atoms with Crippen LogP contribution in [-0.2, 0) is 0 Å². The molecule has 2 unspecified atom stereocenters. The van der Waals surface area contributed by atoms with Gasteiger partial charge in [0.05, 0.1) is 9.50 Å². The summed E-state index contributed by atoms with van der Waals surface area (Å²) in [4.78, 5) is 10.7. The third kappa shape index (κ3) is 2.19. The largest absolute Gasteiger partial charge is 0.347 e. The molecule has 0 aliphatic carbocycles. The highest BCUT2D eigenvalue weighted by molar-refractivity contribution is 9.10. The molecule has 22 heavy (non-hydrogen) atoms. The summed E-state index contributed by atoms with van der Waals surface area (Å²) >= 11 is 15.3. The maximum atomic E-state index is 14.5. The van der Waals surface area contributed by atoms with Gasteiger partial charge in [-0.1, -0.05) is 11.6 Å². The number of rotatable bonds is 1. The molecule has 2 bridgehead atoms. The van der Waals surface area contributed by atoms with Gasteiger partial charge in [0.25, 0.3) is 0 Å². The molecule has 0 amide bonds. The van der Waals surface area contributed by atoms with Gasteiger partial charge in [0.1, 0.15) is 11.3 Å². The molecule has 0 saturated carbocycles. The Morgan fingerprint density at radius 3 is 2.59 bits per heavy atom. The van der Waals surface area contributed by atoms with Crippen LogP contribution in [0.25, 0.3) is 10.9 Å². The lowest BCUT2D eigenvalue weighted by molar-refractivity contribution is 0.482. The maximum absolute atomic E-state index is 14.5. The summed E-state index contributed by atoms with van der Waals surface area (Å²) in [5.41, 5.74) is 0.198. The Balaban J connectivity index is 1.98. The van der Waals surface area contributed by atoms with Crippen LogP contribution in [0.4, 0.5) is 10.2 Å². The number of nitrogens with zero attached hydrogens (tertiary/aromatic N) is 3. The van der Waals surface area contributed by atoms with E-state index in [9.17, 15) is 4.39 Å². The van der Waals surface area contributed by atoms with Crippen molar-refractivity contribution in [3.05, 3.63) is 26.7 Å². The van der Waals surface area contributed by atoms with Crippen molar-refractivity contribution in [2.75, 3.05) is 18.0 Å². The minimum absolute atomic E-state index is 0.0496. The van der Waals surface area contributed by atoms with Crippen molar-refractivity contribution in [3.63, 3.8) is 0 Å². The minimum atomic E-state index is -0.504. The molecule has 1 aromatic carbocycles. The van der Waals surface area contributed by atoms with Gasteiger partial charge < -0.3 is 10.2 Å². The highest BCUT2D eigenvalue weighted by Gasteiger charge is 2.38. The molecule has 4 nitrogen and oxygen atoms in total. The number of nitrogens with one attached hydrogen (secondary N) is 1. The first kappa shape index (κ1) is 14.9. The normalized spacial score (nSPS) is 24.3. The fraction of sp³-hybridized carbons (Fsp3) is 0.429. The fourth-order valence-electron chi connectivity index (χ4n) is 3.45. The Morgan fingerprint density at radius 2 is 1.91 bits per heavy atom. The number of anilines is 1. The Morgan fingerprint density at radius 1 is 1.23 bits per heavy atom. The van der Waals surface area contributed by atoms with Gasteiger partial charge >= 0.3 is 0 Å². The second kappa shape index (κ2) is 5.44. The van der Waals surface area contributed by atoms with Crippen molar-refractivity contribution in [2.45, 2.75) is 24.9 Å². The second-order valence-corrected chi connectivity index (χ2v) is 7.19. The van der Waals surface area contributed by atoms with Crippen LogP contribution in [0.3, 0.4) is 0 Å². The number of hydrogen-bond donors (Lipinski definition) is 1. The van der Waals surface area contributed by atoms with Crippen molar-refractivity contribution in [2.24, 2.45) is 0 Å². The first-order chi connectivity index (χ1) is 10.6. The van der Waals surface area contributed by atoms with Crippen molar-refractivity contribution in [3.8, 4) is 0 Å².